The van der Waals surface area contributed by atoms with Crippen LogP contribution in [0.25, 0.3) is 0 Å². The van der Waals surface area contributed by atoms with Gasteiger partial charge in [-0.2, -0.15) is 0 Å². The van der Waals surface area contributed by atoms with Crippen LogP contribution >= 0.6 is 11.6 Å². The molecule has 1 heterocycles. The zero-order chi connectivity index (χ0) is 9.84. The highest BCUT2D eigenvalue weighted by Gasteiger charge is 2.25. The molecule has 0 bridgehead atoms. The van der Waals surface area contributed by atoms with Crippen LogP contribution in [0.3, 0.4) is 0 Å². The Morgan fingerprint density at radius 2 is 2.46 bits per heavy atom. The fourth-order valence-electron chi connectivity index (χ4n) is 1.41. The Kier molecular flexibility index (Phi) is 3.54. The van der Waals surface area contributed by atoms with E-state index < -0.39 is 0 Å². The summed E-state index contributed by atoms with van der Waals surface area (Å²) in [4.78, 5) is 21.9. The third kappa shape index (κ3) is 2.88. The van der Waals surface area contributed by atoms with Crippen LogP contribution in [0.4, 0.5) is 0 Å². The summed E-state index contributed by atoms with van der Waals surface area (Å²) >= 11 is 5.35. The summed E-state index contributed by atoms with van der Waals surface area (Å²) in [6, 6.07) is 0.0115. The van der Waals surface area contributed by atoms with Crippen molar-refractivity contribution < 1.29 is 9.59 Å². The van der Waals surface area contributed by atoms with Gasteiger partial charge in [0.05, 0.1) is 0 Å². The maximum atomic E-state index is 11.0. The predicted molar refractivity (Wildman–Crippen MR) is 49.5 cm³/mol. The molecule has 5 heteroatoms. The number of nitrogens with one attached hydrogen (secondary N) is 2. The van der Waals surface area contributed by atoms with Crippen LogP contribution < -0.4 is 10.6 Å². The average molecular weight is 205 g/mol. The molecule has 13 heavy (non-hydrogen) atoms. The van der Waals surface area contributed by atoms with Crippen LogP contribution in [0.5, 0.6) is 0 Å². The third-order valence-corrected chi connectivity index (χ3v) is 2.39. The van der Waals surface area contributed by atoms with Gasteiger partial charge >= 0.3 is 0 Å². The van der Waals surface area contributed by atoms with E-state index in [2.05, 4.69) is 10.6 Å². The lowest BCUT2D eigenvalue weighted by molar-refractivity contribution is -0.125. The lowest BCUT2D eigenvalue weighted by atomic mass is 9.99. The molecule has 1 rings (SSSR count). The van der Waals surface area contributed by atoms with E-state index in [-0.39, 0.29) is 29.8 Å². The normalized spacial score (nSPS) is 28.0. The smallest absolute Gasteiger partial charge is 0.235 e. The average Bonchev–Trinajstić information content (AvgIpc) is 2.09. The van der Waals surface area contributed by atoms with Gasteiger partial charge in [-0.25, -0.2) is 0 Å². The van der Waals surface area contributed by atoms with Gasteiger partial charge in [-0.3, -0.25) is 9.59 Å². The first kappa shape index (κ1) is 10.3. The first-order valence-electron chi connectivity index (χ1n) is 4.28. The number of amides is 2. The van der Waals surface area contributed by atoms with E-state index in [9.17, 15) is 9.59 Å². The van der Waals surface area contributed by atoms with Crippen LogP contribution in [-0.2, 0) is 9.59 Å². The van der Waals surface area contributed by atoms with E-state index in [1.54, 1.807) is 0 Å². The van der Waals surface area contributed by atoms with E-state index in [1.165, 1.54) is 0 Å². The molecule has 74 valence electrons. The first-order chi connectivity index (χ1) is 6.13. The lowest BCUT2D eigenvalue weighted by Gasteiger charge is -2.29. The fourth-order valence-corrected chi connectivity index (χ4v) is 1.48. The molecular weight excluding hydrogens is 192 g/mol. The maximum absolute atomic E-state index is 11.0. The highest BCUT2D eigenvalue weighted by atomic mass is 35.5. The van der Waals surface area contributed by atoms with Crippen LogP contribution in [0.15, 0.2) is 0 Å². The highest BCUT2D eigenvalue weighted by Crippen LogP contribution is 2.08. The van der Waals surface area contributed by atoms with Crippen LogP contribution in [0.2, 0.25) is 0 Å². The standard InChI is InChI=1S/C8H13ClN2O2/c1-5-6(11-8(13)4-9)2-3-7(12)10-5/h5-6H,2-4H2,1H3,(H,10,12)(H,11,13). The molecule has 0 radical (unpaired) electrons. The quantitative estimate of drug-likeness (QED) is 0.623. The summed E-state index contributed by atoms with van der Waals surface area (Å²) in [6.07, 6.45) is 1.16. The number of hydrogen-bond donors (Lipinski definition) is 2. The second-order valence-electron chi connectivity index (χ2n) is 3.20. The molecule has 2 N–H and O–H groups in total. The number of piperidine rings is 1. The van der Waals surface area contributed by atoms with Crippen molar-refractivity contribution in [3.63, 3.8) is 0 Å². The van der Waals surface area contributed by atoms with Gasteiger partial charge in [0.25, 0.3) is 0 Å². The van der Waals surface area contributed by atoms with Gasteiger partial charge in [0.2, 0.25) is 11.8 Å². The molecule has 0 saturated carbocycles. The minimum atomic E-state index is -0.185. The van der Waals surface area contributed by atoms with E-state index in [1.807, 2.05) is 6.92 Å². The first-order valence-corrected chi connectivity index (χ1v) is 4.81. The summed E-state index contributed by atoms with van der Waals surface area (Å²) in [6.45, 7) is 1.87. The van der Waals surface area contributed by atoms with Crippen molar-refractivity contribution >= 4 is 23.4 Å². The molecule has 2 atom stereocenters. The van der Waals surface area contributed by atoms with Crippen LogP contribution in [-0.4, -0.2) is 29.8 Å². The predicted octanol–water partition coefficient (Wildman–Crippen LogP) is 0.00850. The molecule has 0 aromatic carbocycles. The molecule has 1 saturated heterocycles. The summed E-state index contributed by atoms with van der Waals surface area (Å²) in [5.74, 6) is -0.171. The minimum absolute atomic E-state index is 0.00610. The molecule has 2 unspecified atom stereocenters. The van der Waals surface area contributed by atoms with Crippen molar-refractivity contribution in [3.05, 3.63) is 0 Å². The van der Waals surface area contributed by atoms with Crippen molar-refractivity contribution in [2.24, 2.45) is 0 Å². The maximum Gasteiger partial charge on any atom is 0.235 e. The zero-order valence-electron chi connectivity index (χ0n) is 7.47. The van der Waals surface area contributed by atoms with Gasteiger partial charge in [-0.15, -0.1) is 11.6 Å². The third-order valence-electron chi connectivity index (χ3n) is 2.14. The number of rotatable bonds is 2. The number of hydrogen-bond acceptors (Lipinski definition) is 2. The summed E-state index contributed by atoms with van der Waals surface area (Å²) in [7, 11) is 0. The van der Waals surface area contributed by atoms with Gasteiger partial charge in [0, 0.05) is 18.5 Å². The van der Waals surface area contributed by atoms with Crippen molar-refractivity contribution in [3.8, 4) is 0 Å². The van der Waals surface area contributed by atoms with E-state index in [4.69, 9.17) is 11.6 Å². The topological polar surface area (TPSA) is 58.2 Å². The number of carbonyl (C=O) groups excluding carboxylic acids is 2. The number of alkyl halides is 1. The highest BCUT2D eigenvalue weighted by molar-refractivity contribution is 6.27. The molecular formula is C8H13ClN2O2. The molecule has 0 aromatic heterocycles. The Labute approximate surface area is 82.0 Å². The molecule has 1 fully saturated rings. The molecule has 1 aliphatic heterocycles. The Morgan fingerprint density at radius 1 is 1.77 bits per heavy atom. The summed E-state index contributed by atoms with van der Waals surface area (Å²) in [5.41, 5.74) is 0. The second kappa shape index (κ2) is 4.46. The van der Waals surface area contributed by atoms with E-state index in [0.29, 0.717) is 12.8 Å². The summed E-state index contributed by atoms with van der Waals surface area (Å²) < 4.78 is 0. The molecule has 2 amide bonds. The van der Waals surface area contributed by atoms with Gasteiger partial charge < -0.3 is 10.6 Å². The Bertz CT molecular complexity index is 220. The van der Waals surface area contributed by atoms with Crippen LogP contribution in [0, 0.1) is 0 Å². The van der Waals surface area contributed by atoms with Crippen molar-refractivity contribution in [1.29, 1.82) is 0 Å². The fraction of sp³-hybridized carbons (Fsp3) is 0.750. The van der Waals surface area contributed by atoms with Gasteiger partial charge in [0.15, 0.2) is 0 Å². The van der Waals surface area contributed by atoms with Gasteiger partial charge in [-0.05, 0) is 13.3 Å². The largest absolute Gasteiger partial charge is 0.352 e. The Hall–Kier alpha value is -0.770. The van der Waals surface area contributed by atoms with E-state index in [0.717, 1.165) is 0 Å². The zero-order valence-corrected chi connectivity index (χ0v) is 8.23. The second-order valence-corrected chi connectivity index (χ2v) is 3.47. The monoisotopic (exact) mass is 204 g/mol. The number of carbonyl (C=O) groups is 2. The van der Waals surface area contributed by atoms with Gasteiger partial charge in [0.1, 0.15) is 5.88 Å². The SMILES string of the molecule is CC1NC(=O)CCC1NC(=O)CCl. The molecule has 0 spiro atoms. The van der Waals surface area contributed by atoms with Gasteiger partial charge in [-0.1, -0.05) is 0 Å². The molecule has 0 aromatic rings. The van der Waals surface area contributed by atoms with Crippen LogP contribution in [0.1, 0.15) is 19.8 Å². The minimum Gasteiger partial charge on any atom is -0.352 e. The number of halogens is 1. The Morgan fingerprint density at radius 3 is 3.00 bits per heavy atom. The van der Waals surface area contributed by atoms with Crippen molar-refractivity contribution in [2.45, 2.75) is 31.8 Å². The summed E-state index contributed by atoms with van der Waals surface area (Å²) in [5, 5.41) is 5.52. The van der Waals surface area contributed by atoms with Crippen molar-refractivity contribution in [2.75, 3.05) is 5.88 Å². The Balaban J connectivity index is 2.42. The molecule has 4 nitrogen and oxygen atoms in total. The van der Waals surface area contributed by atoms with Crippen molar-refractivity contribution in [1.82, 2.24) is 10.6 Å². The van der Waals surface area contributed by atoms with E-state index >= 15 is 0 Å². The lowest BCUT2D eigenvalue weighted by Crippen LogP contribution is -2.54. The molecule has 0 aliphatic carbocycles. The molecule has 1 aliphatic rings.